The van der Waals surface area contributed by atoms with E-state index in [1.807, 2.05) is 0 Å². The summed E-state index contributed by atoms with van der Waals surface area (Å²) in [6.45, 7) is 5.98. The van der Waals surface area contributed by atoms with Gasteiger partial charge < -0.3 is 5.32 Å². The molecular formula is C12H23N. The van der Waals surface area contributed by atoms with Crippen LogP contribution in [-0.2, 0) is 0 Å². The summed E-state index contributed by atoms with van der Waals surface area (Å²) in [5.41, 5.74) is 1.34. The van der Waals surface area contributed by atoms with E-state index in [0.717, 1.165) is 5.41 Å². The Bertz CT molecular complexity index is 190. The van der Waals surface area contributed by atoms with E-state index in [2.05, 4.69) is 19.2 Å². The van der Waals surface area contributed by atoms with E-state index in [9.17, 15) is 0 Å². The minimum Gasteiger partial charge on any atom is -0.310 e. The Morgan fingerprint density at radius 3 is 2.38 bits per heavy atom. The molecule has 13 heavy (non-hydrogen) atoms. The van der Waals surface area contributed by atoms with Crippen LogP contribution < -0.4 is 5.32 Å². The molecule has 2 rings (SSSR count). The Balaban J connectivity index is 1.55. The molecule has 2 fully saturated rings. The molecule has 0 aromatic heterocycles. The topological polar surface area (TPSA) is 12.0 Å². The molecular weight excluding hydrogens is 158 g/mol. The van der Waals surface area contributed by atoms with Crippen LogP contribution in [0.2, 0.25) is 0 Å². The quantitative estimate of drug-likeness (QED) is 0.621. The predicted octanol–water partition coefficient (Wildman–Crippen LogP) is 3.10. The lowest BCUT2D eigenvalue weighted by molar-refractivity contribution is 0.227. The number of rotatable bonds is 6. The average Bonchev–Trinajstić information content (AvgIpc) is 2.52. The van der Waals surface area contributed by atoms with Crippen LogP contribution in [0, 0.1) is 5.41 Å². The van der Waals surface area contributed by atoms with Crippen molar-refractivity contribution in [3.05, 3.63) is 0 Å². The van der Waals surface area contributed by atoms with Gasteiger partial charge >= 0.3 is 0 Å². The maximum atomic E-state index is 3.55. The Hall–Kier alpha value is -0.0400. The fourth-order valence-corrected chi connectivity index (χ4v) is 2.92. The van der Waals surface area contributed by atoms with Gasteiger partial charge in [-0.3, -0.25) is 0 Å². The molecule has 0 aromatic rings. The standard InChI is InChI=1S/C12H23N/c1-3-4-5-6-7-8-12-9-11(12,2)13-10-12/h13H,3-10H2,1-2H3. The minimum atomic E-state index is 0.581. The smallest absolute Gasteiger partial charge is 0.0229 e. The van der Waals surface area contributed by atoms with Crippen molar-refractivity contribution in [1.29, 1.82) is 0 Å². The van der Waals surface area contributed by atoms with E-state index < -0.39 is 0 Å². The fraction of sp³-hybridized carbons (Fsp3) is 1.00. The van der Waals surface area contributed by atoms with Crippen LogP contribution in [0.15, 0.2) is 0 Å². The van der Waals surface area contributed by atoms with Crippen molar-refractivity contribution in [1.82, 2.24) is 5.32 Å². The van der Waals surface area contributed by atoms with Gasteiger partial charge in [0.05, 0.1) is 0 Å². The van der Waals surface area contributed by atoms with Crippen molar-refractivity contribution in [2.24, 2.45) is 5.41 Å². The Morgan fingerprint density at radius 2 is 1.92 bits per heavy atom. The SMILES string of the molecule is CCCCCCCC12CNC1(C)C2. The highest BCUT2D eigenvalue weighted by atomic mass is 15.2. The Morgan fingerprint density at radius 1 is 1.15 bits per heavy atom. The molecule has 1 saturated heterocycles. The first-order valence-electron chi connectivity index (χ1n) is 5.97. The molecule has 2 aliphatic rings. The third-order valence-electron chi connectivity index (χ3n) is 4.31. The lowest BCUT2D eigenvalue weighted by Crippen LogP contribution is -2.50. The molecule has 1 saturated carbocycles. The molecule has 76 valence electrons. The van der Waals surface area contributed by atoms with Gasteiger partial charge in [0.2, 0.25) is 0 Å². The van der Waals surface area contributed by atoms with Gasteiger partial charge in [-0.1, -0.05) is 39.0 Å². The molecule has 1 aliphatic heterocycles. The predicted molar refractivity (Wildman–Crippen MR) is 56.8 cm³/mol. The number of hydrogen-bond donors (Lipinski definition) is 1. The summed E-state index contributed by atoms with van der Waals surface area (Å²) >= 11 is 0. The molecule has 1 heterocycles. The number of nitrogens with one attached hydrogen (secondary N) is 1. The normalized spacial score (nSPS) is 41.1. The summed E-state index contributed by atoms with van der Waals surface area (Å²) in [5, 5.41) is 3.55. The monoisotopic (exact) mass is 181 g/mol. The largest absolute Gasteiger partial charge is 0.310 e. The van der Waals surface area contributed by atoms with Crippen molar-refractivity contribution in [2.45, 2.75) is 64.3 Å². The maximum Gasteiger partial charge on any atom is 0.0229 e. The molecule has 0 bridgehead atoms. The first-order chi connectivity index (χ1) is 6.22. The third kappa shape index (κ3) is 1.52. The van der Waals surface area contributed by atoms with E-state index in [0.29, 0.717) is 5.54 Å². The molecule has 0 radical (unpaired) electrons. The van der Waals surface area contributed by atoms with Crippen molar-refractivity contribution in [2.75, 3.05) is 6.54 Å². The van der Waals surface area contributed by atoms with E-state index in [4.69, 9.17) is 0 Å². The summed E-state index contributed by atoms with van der Waals surface area (Å²) in [6.07, 6.45) is 10.1. The first-order valence-corrected chi connectivity index (χ1v) is 5.97. The lowest BCUT2D eigenvalue weighted by atomic mass is 9.87. The van der Waals surface area contributed by atoms with Gasteiger partial charge in [-0.15, -0.1) is 0 Å². The maximum absolute atomic E-state index is 3.55. The first kappa shape index (κ1) is 9.51. The lowest BCUT2D eigenvalue weighted by Gasteiger charge is -2.34. The zero-order valence-corrected chi connectivity index (χ0v) is 9.16. The zero-order valence-electron chi connectivity index (χ0n) is 9.16. The summed E-state index contributed by atoms with van der Waals surface area (Å²) in [5.74, 6) is 0. The summed E-state index contributed by atoms with van der Waals surface area (Å²) in [4.78, 5) is 0. The van der Waals surface area contributed by atoms with Crippen LogP contribution in [0.3, 0.4) is 0 Å². The van der Waals surface area contributed by atoms with Crippen molar-refractivity contribution >= 4 is 0 Å². The molecule has 1 aliphatic carbocycles. The summed E-state index contributed by atoms with van der Waals surface area (Å²) in [6, 6.07) is 0. The third-order valence-corrected chi connectivity index (χ3v) is 4.31. The average molecular weight is 181 g/mol. The van der Waals surface area contributed by atoms with Gasteiger partial charge in [-0.05, 0) is 19.8 Å². The van der Waals surface area contributed by atoms with Crippen LogP contribution in [-0.4, -0.2) is 12.1 Å². The molecule has 1 nitrogen and oxygen atoms in total. The Labute approximate surface area is 82.3 Å². The summed E-state index contributed by atoms with van der Waals surface area (Å²) in [7, 11) is 0. The molecule has 0 spiro atoms. The van der Waals surface area contributed by atoms with E-state index in [1.165, 1.54) is 51.5 Å². The van der Waals surface area contributed by atoms with Gasteiger partial charge in [0, 0.05) is 17.5 Å². The van der Waals surface area contributed by atoms with Gasteiger partial charge in [-0.25, -0.2) is 0 Å². The Kier molecular flexibility index (Phi) is 2.39. The highest BCUT2D eigenvalue weighted by Gasteiger charge is 2.70. The van der Waals surface area contributed by atoms with Gasteiger partial charge in [0.25, 0.3) is 0 Å². The van der Waals surface area contributed by atoms with Gasteiger partial charge in [0.1, 0.15) is 0 Å². The van der Waals surface area contributed by atoms with Crippen LogP contribution in [0.5, 0.6) is 0 Å². The van der Waals surface area contributed by atoms with Crippen molar-refractivity contribution in [3.63, 3.8) is 0 Å². The number of fused-ring (bicyclic) bond motifs is 1. The second kappa shape index (κ2) is 3.27. The molecule has 1 heteroatoms. The van der Waals surface area contributed by atoms with Crippen LogP contribution in [0.1, 0.15) is 58.8 Å². The molecule has 1 N–H and O–H groups in total. The molecule has 2 atom stereocenters. The second-order valence-electron chi connectivity index (χ2n) is 5.31. The fourth-order valence-electron chi connectivity index (χ4n) is 2.92. The molecule has 0 amide bonds. The zero-order chi connectivity index (χ0) is 9.36. The van der Waals surface area contributed by atoms with Gasteiger partial charge in [0.15, 0.2) is 0 Å². The van der Waals surface area contributed by atoms with Crippen molar-refractivity contribution in [3.8, 4) is 0 Å². The highest BCUT2D eigenvalue weighted by molar-refractivity contribution is 5.27. The van der Waals surface area contributed by atoms with Crippen LogP contribution >= 0.6 is 0 Å². The van der Waals surface area contributed by atoms with E-state index in [1.54, 1.807) is 0 Å². The minimum absolute atomic E-state index is 0.581. The number of hydrogen-bond acceptors (Lipinski definition) is 1. The van der Waals surface area contributed by atoms with E-state index in [-0.39, 0.29) is 0 Å². The van der Waals surface area contributed by atoms with Crippen LogP contribution in [0.25, 0.3) is 0 Å². The summed E-state index contributed by atoms with van der Waals surface area (Å²) < 4.78 is 0. The van der Waals surface area contributed by atoms with E-state index >= 15 is 0 Å². The van der Waals surface area contributed by atoms with Gasteiger partial charge in [-0.2, -0.15) is 0 Å². The van der Waals surface area contributed by atoms with Crippen molar-refractivity contribution < 1.29 is 0 Å². The van der Waals surface area contributed by atoms with Crippen LogP contribution in [0.4, 0.5) is 0 Å². The molecule has 2 unspecified atom stereocenters. The number of unbranched alkanes of at least 4 members (excludes halogenated alkanes) is 4. The second-order valence-corrected chi connectivity index (χ2v) is 5.31. The highest BCUT2D eigenvalue weighted by Crippen LogP contribution is 2.64. The molecule has 0 aromatic carbocycles.